The zero-order chi connectivity index (χ0) is 17.2. The van der Waals surface area contributed by atoms with Crippen LogP contribution in [0.4, 0.5) is 0 Å². The van der Waals surface area contributed by atoms with Gasteiger partial charge in [-0.25, -0.2) is 0 Å². The molecule has 0 fully saturated rings. The summed E-state index contributed by atoms with van der Waals surface area (Å²) in [6.07, 6.45) is 1.04. The van der Waals surface area contributed by atoms with Crippen LogP contribution in [0.25, 0.3) is 0 Å². The van der Waals surface area contributed by atoms with E-state index in [-0.39, 0.29) is 18.9 Å². The number of carbonyl (C=O) groups excluding carboxylic acids is 1. The van der Waals surface area contributed by atoms with Crippen molar-refractivity contribution in [3.05, 3.63) is 42.5 Å². The number of benzene rings is 1. The van der Waals surface area contributed by atoms with E-state index in [0.717, 1.165) is 12.0 Å². The first kappa shape index (κ1) is 19.2. The summed E-state index contributed by atoms with van der Waals surface area (Å²) >= 11 is 0. The first-order valence-corrected chi connectivity index (χ1v) is 7.52. The van der Waals surface area contributed by atoms with Crippen LogP contribution in [-0.2, 0) is 16.0 Å². The Morgan fingerprint density at radius 2 is 2.26 bits per heavy atom. The lowest BCUT2D eigenvalue weighted by atomic mass is 10.0. The van der Waals surface area contributed by atoms with E-state index < -0.39 is 18.2 Å². The minimum absolute atomic E-state index is 0.108. The lowest BCUT2D eigenvalue weighted by molar-refractivity contribution is -0.132. The van der Waals surface area contributed by atoms with E-state index >= 15 is 0 Å². The molecule has 4 N–H and O–H groups in total. The molecule has 1 amide bonds. The molecule has 0 aliphatic heterocycles. The van der Waals surface area contributed by atoms with Crippen molar-refractivity contribution in [3.63, 3.8) is 0 Å². The lowest BCUT2D eigenvalue weighted by Crippen LogP contribution is -2.44. The number of amides is 1. The number of likely N-dealkylation sites (N-methyl/N-ethyl adjacent to an activating group) is 1. The van der Waals surface area contributed by atoms with E-state index in [1.165, 1.54) is 14.2 Å². The molecule has 0 spiro atoms. The summed E-state index contributed by atoms with van der Waals surface area (Å²) in [7, 11) is 2.93. The van der Waals surface area contributed by atoms with Gasteiger partial charge in [0.25, 0.3) is 0 Å². The Balaban J connectivity index is 2.51. The summed E-state index contributed by atoms with van der Waals surface area (Å²) < 4.78 is 10.7. The molecule has 0 aromatic heterocycles. The van der Waals surface area contributed by atoms with Crippen LogP contribution in [0.3, 0.4) is 0 Å². The van der Waals surface area contributed by atoms with Gasteiger partial charge in [-0.2, -0.15) is 0 Å². The molecule has 0 saturated carbocycles. The van der Waals surface area contributed by atoms with E-state index in [0.29, 0.717) is 5.75 Å². The van der Waals surface area contributed by atoms with Crippen LogP contribution in [0.1, 0.15) is 12.0 Å². The topological polar surface area (TPSA) is 93.8 Å². The summed E-state index contributed by atoms with van der Waals surface area (Å²) in [5.74, 6) is 0.387. The summed E-state index contributed by atoms with van der Waals surface area (Å²) in [5, 5.41) is 12.6. The highest BCUT2D eigenvalue weighted by molar-refractivity contribution is 5.80. The van der Waals surface area contributed by atoms with Gasteiger partial charge in [0.1, 0.15) is 18.5 Å². The Labute approximate surface area is 137 Å². The number of aliphatic hydroxyl groups is 1. The normalized spacial score (nSPS) is 14.6. The molecule has 0 aliphatic carbocycles. The number of hydrogen-bond donors (Lipinski definition) is 3. The molecule has 128 valence electrons. The van der Waals surface area contributed by atoms with Crippen molar-refractivity contribution in [2.75, 3.05) is 20.8 Å². The molecule has 0 saturated heterocycles. The highest BCUT2D eigenvalue weighted by atomic mass is 16.5. The molecule has 1 aromatic rings. The number of carbonyl (C=O) groups is 1. The van der Waals surface area contributed by atoms with Gasteiger partial charge in [0, 0.05) is 20.6 Å². The highest BCUT2D eigenvalue weighted by Gasteiger charge is 2.24. The van der Waals surface area contributed by atoms with Crippen molar-refractivity contribution in [3.8, 4) is 5.75 Å². The van der Waals surface area contributed by atoms with Gasteiger partial charge < -0.3 is 25.6 Å². The van der Waals surface area contributed by atoms with Gasteiger partial charge in [-0.15, -0.1) is 6.58 Å². The minimum atomic E-state index is -0.909. The maximum absolute atomic E-state index is 11.6. The van der Waals surface area contributed by atoms with Gasteiger partial charge in [0.05, 0.1) is 12.1 Å². The first-order chi connectivity index (χ1) is 11.0. The standard InChI is InChI=1S/C17H26N2O4/c1-4-6-12-7-5-8-13(9-12)23-11-14(18)15(20)10-16(22-3)17(21)19-2/h4-5,7-9,14-16,20H,1,6,10-11,18H2,2-3H3,(H,19,21)/t14-,15-,16+/m0/s1. The van der Waals surface area contributed by atoms with Crippen LogP contribution >= 0.6 is 0 Å². The molecule has 6 heteroatoms. The number of allylic oxidation sites excluding steroid dienone is 1. The second-order valence-corrected chi connectivity index (χ2v) is 5.26. The molecule has 1 aromatic carbocycles. The van der Waals surface area contributed by atoms with Crippen LogP contribution in [0.2, 0.25) is 0 Å². The fourth-order valence-corrected chi connectivity index (χ4v) is 2.10. The fraction of sp³-hybridized carbons (Fsp3) is 0.471. The molecule has 0 radical (unpaired) electrons. The quantitative estimate of drug-likeness (QED) is 0.550. The maximum Gasteiger partial charge on any atom is 0.248 e. The monoisotopic (exact) mass is 322 g/mol. The van der Waals surface area contributed by atoms with Crippen LogP contribution < -0.4 is 15.8 Å². The number of ether oxygens (including phenoxy) is 2. The van der Waals surface area contributed by atoms with Crippen molar-refractivity contribution in [1.29, 1.82) is 0 Å². The molecular formula is C17H26N2O4. The van der Waals surface area contributed by atoms with Gasteiger partial charge in [0.15, 0.2) is 0 Å². The Morgan fingerprint density at radius 1 is 1.52 bits per heavy atom. The maximum atomic E-state index is 11.6. The molecule has 23 heavy (non-hydrogen) atoms. The predicted molar refractivity (Wildman–Crippen MR) is 89.3 cm³/mol. The summed E-state index contributed by atoms with van der Waals surface area (Å²) in [6, 6.07) is 6.98. The number of nitrogens with one attached hydrogen (secondary N) is 1. The first-order valence-electron chi connectivity index (χ1n) is 7.52. The number of nitrogens with two attached hydrogens (primary N) is 1. The predicted octanol–water partition coefficient (Wildman–Crippen LogP) is 0.633. The van der Waals surface area contributed by atoms with Crippen molar-refractivity contribution in [2.45, 2.75) is 31.1 Å². The van der Waals surface area contributed by atoms with Gasteiger partial charge in [0.2, 0.25) is 5.91 Å². The number of methoxy groups -OCH3 is 1. The molecule has 3 atom stereocenters. The third kappa shape index (κ3) is 6.40. The Hall–Kier alpha value is -1.89. The molecule has 0 heterocycles. The largest absolute Gasteiger partial charge is 0.492 e. The molecular weight excluding hydrogens is 296 g/mol. The fourth-order valence-electron chi connectivity index (χ4n) is 2.10. The van der Waals surface area contributed by atoms with E-state index in [1.54, 1.807) is 0 Å². The van der Waals surface area contributed by atoms with Gasteiger partial charge >= 0.3 is 0 Å². The second-order valence-electron chi connectivity index (χ2n) is 5.26. The molecule has 0 aliphatic rings. The smallest absolute Gasteiger partial charge is 0.248 e. The number of rotatable bonds is 10. The summed E-state index contributed by atoms with van der Waals surface area (Å²) in [6.45, 7) is 3.84. The molecule has 6 nitrogen and oxygen atoms in total. The van der Waals surface area contributed by atoms with Crippen molar-refractivity contribution >= 4 is 5.91 Å². The summed E-state index contributed by atoms with van der Waals surface area (Å²) in [4.78, 5) is 11.6. The Morgan fingerprint density at radius 3 is 2.87 bits per heavy atom. The van der Waals surface area contributed by atoms with Gasteiger partial charge in [-0.1, -0.05) is 18.2 Å². The molecule has 0 unspecified atom stereocenters. The second kappa shape index (κ2) is 9.99. The van der Waals surface area contributed by atoms with Crippen LogP contribution in [0.15, 0.2) is 36.9 Å². The Kier molecular flexibility index (Phi) is 8.32. The van der Waals surface area contributed by atoms with Crippen molar-refractivity contribution < 1.29 is 19.4 Å². The lowest BCUT2D eigenvalue weighted by Gasteiger charge is -2.23. The van der Waals surface area contributed by atoms with E-state index in [9.17, 15) is 9.90 Å². The highest BCUT2D eigenvalue weighted by Crippen LogP contribution is 2.15. The zero-order valence-electron chi connectivity index (χ0n) is 13.7. The van der Waals surface area contributed by atoms with Crippen LogP contribution in [0.5, 0.6) is 5.75 Å². The van der Waals surface area contributed by atoms with Crippen molar-refractivity contribution in [2.24, 2.45) is 5.73 Å². The number of hydrogen-bond acceptors (Lipinski definition) is 5. The molecule has 1 rings (SSSR count). The Bertz CT molecular complexity index is 507. The average molecular weight is 322 g/mol. The van der Waals surface area contributed by atoms with E-state index in [2.05, 4.69) is 11.9 Å². The van der Waals surface area contributed by atoms with Crippen molar-refractivity contribution in [1.82, 2.24) is 5.32 Å². The third-order valence-corrected chi connectivity index (χ3v) is 3.49. The SMILES string of the molecule is C=CCc1cccc(OC[C@H](N)[C@@H](O)C[C@@H](OC)C(=O)NC)c1. The number of aliphatic hydroxyl groups excluding tert-OH is 1. The van der Waals surface area contributed by atoms with Crippen LogP contribution in [0, 0.1) is 0 Å². The minimum Gasteiger partial charge on any atom is -0.492 e. The van der Waals surface area contributed by atoms with Gasteiger partial charge in [-0.3, -0.25) is 4.79 Å². The van der Waals surface area contributed by atoms with E-state index in [4.69, 9.17) is 15.2 Å². The van der Waals surface area contributed by atoms with Crippen LogP contribution in [-0.4, -0.2) is 50.0 Å². The zero-order valence-corrected chi connectivity index (χ0v) is 13.7. The van der Waals surface area contributed by atoms with Gasteiger partial charge in [-0.05, 0) is 24.1 Å². The molecule has 0 bridgehead atoms. The average Bonchev–Trinajstić information content (AvgIpc) is 2.57. The summed E-state index contributed by atoms with van der Waals surface area (Å²) in [5.41, 5.74) is 7.02. The van der Waals surface area contributed by atoms with E-state index in [1.807, 2.05) is 30.3 Å². The third-order valence-electron chi connectivity index (χ3n) is 3.49.